The number of aromatic nitrogens is 1. The van der Waals surface area contributed by atoms with Gasteiger partial charge in [0.05, 0.1) is 5.94 Å². The molecule has 0 radical (unpaired) electrons. The first kappa shape index (κ1) is 21.4. The summed E-state index contributed by atoms with van der Waals surface area (Å²) in [5.74, 6) is -1.73. The van der Waals surface area contributed by atoms with Crippen molar-refractivity contribution in [3.05, 3.63) is 21.7 Å². The van der Waals surface area contributed by atoms with Gasteiger partial charge >= 0.3 is 5.97 Å². The molecular formula is C15H17N5O6S3. The molecule has 2 amide bonds. The number of nitrogens with one attached hydrogen (secondary N) is 1. The molecule has 2 aliphatic heterocycles. The van der Waals surface area contributed by atoms with Crippen molar-refractivity contribution in [1.29, 1.82) is 0 Å². The predicted octanol–water partition coefficient (Wildman–Crippen LogP) is 0.109. The summed E-state index contributed by atoms with van der Waals surface area (Å²) in [5, 5.41) is 17.1. The van der Waals surface area contributed by atoms with Crippen LogP contribution in [0.3, 0.4) is 0 Å². The van der Waals surface area contributed by atoms with Gasteiger partial charge in [-0.25, -0.2) is 9.78 Å². The molecule has 1 aromatic rings. The minimum absolute atomic E-state index is 0.0793. The molecule has 0 aliphatic carbocycles. The van der Waals surface area contributed by atoms with Crippen molar-refractivity contribution in [3.8, 4) is 0 Å². The second kappa shape index (κ2) is 9.02. The summed E-state index contributed by atoms with van der Waals surface area (Å²) < 4.78 is 4.97. The summed E-state index contributed by atoms with van der Waals surface area (Å²) in [6.07, 6.45) is 0. The van der Waals surface area contributed by atoms with E-state index in [4.69, 9.17) is 15.3 Å². The third-order valence-electron chi connectivity index (χ3n) is 3.94. The number of hydrogen-bond donors (Lipinski definition) is 3. The number of thioether (sulfide) groups is 2. The van der Waals surface area contributed by atoms with Crippen LogP contribution in [0.4, 0.5) is 5.13 Å². The maximum Gasteiger partial charge on any atom is 0.353 e. The number of rotatable bonds is 8. The van der Waals surface area contributed by atoms with Crippen LogP contribution in [0.2, 0.25) is 0 Å². The number of carboxylic acid groups (broad SMARTS) is 1. The quantitative estimate of drug-likeness (QED) is 0.211. The molecule has 0 unspecified atom stereocenters. The van der Waals surface area contributed by atoms with Crippen LogP contribution >= 0.6 is 34.9 Å². The van der Waals surface area contributed by atoms with E-state index in [1.807, 2.05) is 0 Å². The predicted molar refractivity (Wildman–Crippen MR) is 109 cm³/mol. The van der Waals surface area contributed by atoms with Gasteiger partial charge < -0.3 is 25.7 Å². The second-order valence-corrected chi connectivity index (χ2v) is 8.69. The van der Waals surface area contributed by atoms with Gasteiger partial charge in [-0.2, -0.15) is 0 Å². The fraction of sp³-hybridized carbons (Fsp3) is 0.400. The zero-order valence-electron chi connectivity index (χ0n) is 15.3. The molecule has 0 spiro atoms. The average Bonchev–Trinajstić information content (AvgIpc) is 3.13. The lowest BCUT2D eigenvalue weighted by Gasteiger charge is -2.49. The van der Waals surface area contributed by atoms with Crippen molar-refractivity contribution in [1.82, 2.24) is 15.2 Å². The van der Waals surface area contributed by atoms with Crippen molar-refractivity contribution >= 4 is 63.5 Å². The molecule has 1 aromatic heterocycles. The summed E-state index contributed by atoms with van der Waals surface area (Å²) in [5.41, 5.74) is 5.61. The van der Waals surface area contributed by atoms with Crippen LogP contribution in [0.25, 0.3) is 0 Å². The molecule has 2 aliphatic rings. The molecule has 14 heteroatoms. The number of β-lactam (4-membered cyclic amide) rings is 1. The molecule has 3 rings (SSSR count). The second-order valence-electron chi connectivity index (χ2n) is 5.68. The third-order valence-corrected chi connectivity index (χ3v) is 7.11. The van der Waals surface area contributed by atoms with Crippen LogP contribution in [-0.2, 0) is 24.0 Å². The van der Waals surface area contributed by atoms with Crippen molar-refractivity contribution in [2.75, 3.05) is 31.6 Å². The highest BCUT2D eigenvalue weighted by Crippen LogP contribution is 2.43. The minimum atomic E-state index is -1.20. The summed E-state index contributed by atoms with van der Waals surface area (Å²) in [7, 11) is 2.78. The highest BCUT2D eigenvalue weighted by Gasteiger charge is 2.54. The number of oxime groups is 1. The van der Waals surface area contributed by atoms with Crippen molar-refractivity contribution in [2.24, 2.45) is 5.16 Å². The highest BCUT2D eigenvalue weighted by atomic mass is 32.2. The number of hydrogen-bond acceptors (Lipinski definition) is 11. The van der Waals surface area contributed by atoms with Gasteiger partial charge in [0.1, 0.15) is 29.9 Å². The Labute approximate surface area is 177 Å². The number of carbonyl (C=O) groups excluding carboxylic acids is 2. The van der Waals surface area contributed by atoms with Gasteiger partial charge in [-0.05, 0) is 0 Å². The summed E-state index contributed by atoms with van der Waals surface area (Å²) >= 11 is 3.71. The fourth-order valence-electron chi connectivity index (χ4n) is 2.73. The van der Waals surface area contributed by atoms with Gasteiger partial charge in [-0.15, -0.1) is 23.1 Å². The molecule has 156 valence electrons. The number of methoxy groups -OCH3 is 1. The molecule has 1 fully saturated rings. The molecule has 0 saturated carbocycles. The van der Waals surface area contributed by atoms with E-state index in [1.54, 1.807) is 5.38 Å². The molecule has 1 saturated heterocycles. The van der Waals surface area contributed by atoms with Gasteiger partial charge in [0.25, 0.3) is 11.8 Å². The SMILES string of the molecule is COCSC1=C(C(=O)O)N2C(=O)[C@@H](NC(=O)/C(=N\OC)c3csc(N)n3)[C@H]2SC1. The number of ether oxygens (including phenoxy) is 1. The lowest BCUT2D eigenvalue weighted by Crippen LogP contribution is -2.71. The van der Waals surface area contributed by atoms with Crippen LogP contribution in [0.5, 0.6) is 0 Å². The highest BCUT2D eigenvalue weighted by molar-refractivity contribution is 8.06. The van der Waals surface area contributed by atoms with Crippen LogP contribution < -0.4 is 11.1 Å². The first-order chi connectivity index (χ1) is 13.9. The number of amides is 2. The monoisotopic (exact) mass is 459 g/mol. The first-order valence-electron chi connectivity index (χ1n) is 8.05. The number of thiazole rings is 1. The average molecular weight is 460 g/mol. The number of nitrogens with zero attached hydrogens (tertiary/aromatic N) is 3. The number of carbonyl (C=O) groups is 3. The van der Waals surface area contributed by atoms with E-state index >= 15 is 0 Å². The fourth-order valence-corrected chi connectivity index (χ4v) is 5.60. The zero-order chi connectivity index (χ0) is 21.1. The lowest BCUT2D eigenvalue weighted by atomic mass is 10.0. The van der Waals surface area contributed by atoms with E-state index in [0.29, 0.717) is 10.7 Å². The summed E-state index contributed by atoms with van der Waals surface area (Å²) in [6, 6.07) is -0.895. The Balaban J connectivity index is 1.77. The minimum Gasteiger partial charge on any atom is -0.477 e. The first-order valence-corrected chi connectivity index (χ1v) is 11.0. The van der Waals surface area contributed by atoms with Crippen LogP contribution in [0.1, 0.15) is 5.69 Å². The van der Waals surface area contributed by atoms with E-state index in [0.717, 1.165) is 11.3 Å². The molecule has 3 heterocycles. The Morgan fingerprint density at radius 3 is 2.86 bits per heavy atom. The van der Waals surface area contributed by atoms with Crippen LogP contribution in [-0.4, -0.2) is 75.8 Å². The van der Waals surface area contributed by atoms with Crippen LogP contribution in [0.15, 0.2) is 21.1 Å². The molecule has 29 heavy (non-hydrogen) atoms. The Morgan fingerprint density at radius 1 is 1.52 bits per heavy atom. The largest absolute Gasteiger partial charge is 0.477 e. The molecule has 2 atom stereocenters. The number of nitrogen functional groups attached to an aromatic ring is 1. The third kappa shape index (κ3) is 4.19. The van der Waals surface area contributed by atoms with E-state index < -0.39 is 29.2 Å². The lowest BCUT2D eigenvalue weighted by molar-refractivity contribution is -0.150. The molecular weight excluding hydrogens is 442 g/mol. The van der Waals surface area contributed by atoms with Gasteiger partial charge in [0, 0.05) is 23.1 Å². The molecule has 0 aromatic carbocycles. The molecule has 4 N–H and O–H groups in total. The Bertz CT molecular complexity index is 901. The molecule has 0 bridgehead atoms. The number of anilines is 1. The summed E-state index contributed by atoms with van der Waals surface area (Å²) in [4.78, 5) is 47.5. The summed E-state index contributed by atoms with van der Waals surface area (Å²) in [6.45, 7) is 0. The smallest absolute Gasteiger partial charge is 0.353 e. The number of aliphatic carboxylic acids is 1. The van der Waals surface area contributed by atoms with E-state index in [9.17, 15) is 19.5 Å². The van der Waals surface area contributed by atoms with Gasteiger partial charge in [0.2, 0.25) is 0 Å². The number of fused-ring (bicyclic) bond motifs is 1. The van der Waals surface area contributed by atoms with Crippen LogP contribution in [0, 0.1) is 0 Å². The van der Waals surface area contributed by atoms with Gasteiger partial charge in [-0.3, -0.25) is 14.5 Å². The van der Waals surface area contributed by atoms with E-state index in [1.165, 1.54) is 42.6 Å². The number of nitrogens with two attached hydrogens (primary N) is 1. The maximum absolute atomic E-state index is 12.7. The Hall–Kier alpha value is -2.29. The van der Waals surface area contributed by atoms with Gasteiger partial charge in [-0.1, -0.05) is 16.9 Å². The molecule has 11 nitrogen and oxygen atoms in total. The Morgan fingerprint density at radius 2 is 2.28 bits per heavy atom. The van der Waals surface area contributed by atoms with E-state index in [2.05, 4.69) is 15.5 Å². The standard InChI is InChI=1S/C15H17N5O6S3/c1-25-5-29-7-4-27-13-9(12(22)20(13)10(7)14(23)24)18-11(21)8(19-26-2)6-3-28-15(16)17-6/h3,9,13H,4-5H2,1-2H3,(H2,16,17)(H,18,21)(H,23,24)/b19-8-/t9-,13-/m1/s1. The van der Waals surface area contributed by atoms with Crippen molar-refractivity contribution < 1.29 is 29.1 Å². The van der Waals surface area contributed by atoms with Gasteiger partial charge in [0.15, 0.2) is 10.8 Å². The topological polar surface area (TPSA) is 156 Å². The maximum atomic E-state index is 12.7. The Kier molecular flexibility index (Phi) is 6.66. The van der Waals surface area contributed by atoms with Crippen molar-refractivity contribution in [2.45, 2.75) is 11.4 Å². The number of carboxylic acids is 1. The van der Waals surface area contributed by atoms with Crippen molar-refractivity contribution in [3.63, 3.8) is 0 Å². The normalized spacial score (nSPS) is 21.5. The zero-order valence-corrected chi connectivity index (χ0v) is 17.7. The van der Waals surface area contributed by atoms with E-state index in [-0.39, 0.29) is 28.2 Å².